The van der Waals surface area contributed by atoms with Crippen molar-refractivity contribution in [3.05, 3.63) is 24.4 Å². The summed E-state index contributed by atoms with van der Waals surface area (Å²) in [5.74, 6) is 1.59. The molecule has 0 aliphatic carbocycles. The fraction of sp³-hybridized carbons (Fsp3) is 0.545. The molecule has 0 saturated heterocycles. The average molecular weight is 209 g/mol. The molecule has 1 aromatic heterocycles. The van der Waals surface area contributed by atoms with Gasteiger partial charge in [0.15, 0.2) is 0 Å². The molecule has 0 amide bonds. The topological polar surface area (TPSA) is 53.1 Å². The first kappa shape index (κ1) is 11.6. The Morgan fingerprint density at radius 2 is 2.40 bits per heavy atom. The summed E-state index contributed by atoms with van der Waals surface area (Å²) in [7, 11) is 0. The number of nitrogens with zero attached hydrogens (tertiary/aromatic N) is 2. The van der Waals surface area contributed by atoms with Crippen LogP contribution in [-0.2, 0) is 11.3 Å². The van der Waals surface area contributed by atoms with Crippen LogP contribution in [0, 0.1) is 6.92 Å². The van der Waals surface area contributed by atoms with Crippen LogP contribution >= 0.6 is 0 Å². The number of allylic oxidation sites excluding steroid dienone is 1. The normalized spacial score (nSPS) is 10.3. The van der Waals surface area contributed by atoms with Crippen LogP contribution in [-0.4, -0.2) is 16.2 Å². The van der Waals surface area contributed by atoms with Gasteiger partial charge in [-0.15, -0.1) is 0 Å². The van der Waals surface area contributed by atoms with E-state index in [1.807, 2.05) is 18.4 Å². The first-order chi connectivity index (χ1) is 7.15. The average Bonchev–Trinajstić information content (AvgIpc) is 2.50. The zero-order valence-corrected chi connectivity index (χ0v) is 9.49. The Hall–Kier alpha value is -1.45. The van der Waals surface area contributed by atoms with E-state index in [0.717, 1.165) is 36.7 Å². The van der Waals surface area contributed by atoms with Crippen LogP contribution in [0.2, 0.25) is 0 Å². The minimum absolute atomic E-state index is 0.686. The molecule has 15 heavy (non-hydrogen) atoms. The molecule has 0 bridgehead atoms. The second-order valence-corrected chi connectivity index (χ2v) is 3.48. The quantitative estimate of drug-likeness (QED) is 0.730. The number of ether oxygens (including phenoxy) is 1. The lowest BCUT2D eigenvalue weighted by Gasteiger charge is -2.07. The predicted molar refractivity (Wildman–Crippen MR) is 61.4 cm³/mol. The van der Waals surface area contributed by atoms with E-state index in [1.54, 1.807) is 6.33 Å². The van der Waals surface area contributed by atoms with Gasteiger partial charge < -0.3 is 15.0 Å². The van der Waals surface area contributed by atoms with Crippen LogP contribution in [0.25, 0.3) is 0 Å². The molecular weight excluding hydrogens is 190 g/mol. The smallest absolute Gasteiger partial charge is 0.126 e. The fourth-order valence-electron chi connectivity index (χ4n) is 1.39. The number of aromatic nitrogens is 2. The molecule has 0 unspecified atom stereocenters. The molecule has 0 saturated carbocycles. The Balaban J connectivity index is 2.32. The second-order valence-electron chi connectivity index (χ2n) is 3.48. The maximum atomic E-state index is 5.82. The molecule has 1 rings (SSSR count). The van der Waals surface area contributed by atoms with Crippen molar-refractivity contribution in [3.63, 3.8) is 0 Å². The molecule has 4 heteroatoms. The number of anilines is 1. The minimum atomic E-state index is 0.686. The summed E-state index contributed by atoms with van der Waals surface area (Å²) in [6, 6.07) is 0. The molecule has 0 atom stereocenters. The highest BCUT2D eigenvalue weighted by molar-refractivity contribution is 5.34. The van der Waals surface area contributed by atoms with Gasteiger partial charge in [0.05, 0.1) is 24.4 Å². The van der Waals surface area contributed by atoms with Crippen LogP contribution in [0.15, 0.2) is 18.7 Å². The van der Waals surface area contributed by atoms with Gasteiger partial charge in [-0.1, -0.05) is 6.58 Å². The van der Waals surface area contributed by atoms with Gasteiger partial charge in [-0.05, 0) is 20.3 Å². The van der Waals surface area contributed by atoms with Crippen molar-refractivity contribution in [3.8, 4) is 0 Å². The van der Waals surface area contributed by atoms with Crippen LogP contribution in [0.1, 0.15) is 25.5 Å². The van der Waals surface area contributed by atoms with Gasteiger partial charge in [0, 0.05) is 13.0 Å². The van der Waals surface area contributed by atoms with Crippen molar-refractivity contribution in [2.24, 2.45) is 0 Å². The summed E-state index contributed by atoms with van der Waals surface area (Å²) in [6.45, 7) is 9.24. The van der Waals surface area contributed by atoms with E-state index in [4.69, 9.17) is 10.5 Å². The lowest BCUT2D eigenvalue weighted by molar-refractivity contribution is 0.217. The molecule has 0 fully saturated rings. The predicted octanol–water partition coefficient (Wildman–Crippen LogP) is 2.10. The molecule has 0 aliphatic heterocycles. The Morgan fingerprint density at radius 1 is 1.67 bits per heavy atom. The Labute approximate surface area is 90.8 Å². The molecule has 0 aromatic carbocycles. The summed E-state index contributed by atoms with van der Waals surface area (Å²) in [6.07, 6.45) is 3.61. The van der Waals surface area contributed by atoms with E-state index in [-0.39, 0.29) is 0 Å². The van der Waals surface area contributed by atoms with E-state index in [1.165, 1.54) is 0 Å². The number of aryl methyl sites for hydroxylation is 2. The van der Waals surface area contributed by atoms with E-state index in [0.29, 0.717) is 6.61 Å². The van der Waals surface area contributed by atoms with Crippen LogP contribution in [0.4, 0.5) is 5.82 Å². The van der Waals surface area contributed by atoms with Gasteiger partial charge in [-0.2, -0.15) is 0 Å². The van der Waals surface area contributed by atoms with E-state index < -0.39 is 0 Å². The third-order valence-corrected chi connectivity index (χ3v) is 2.27. The summed E-state index contributed by atoms with van der Waals surface area (Å²) in [5, 5.41) is 0. The van der Waals surface area contributed by atoms with E-state index in [2.05, 4.69) is 11.6 Å². The first-order valence-corrected chi connectivity index (χ1v) is 5.23. The van der Waals surface area contributed by atoms with Crippen molar-refractivity contribution in [1.29, 1.82) is 0 Å². The lowest BCUT2D eigenvalue weighted by Crippen LogP contribution is -2.03. The van der Waals surface area contributed by atoms with Crippen molar-refractivity contribution >= 4 is 5.82 Å². The van der Waals surface area contributed by atoms with E-state index in [9.17, 15) is 0 Å². The van der Waals surface area contributed by atoms with E-state index >= 15 is 0 Å². The Bertz CT molecular complexity index is 331. The van der Waals surface area contributed by atoms with Crippen molar-refractivity contribution in [1.82, 2.24) is 9.55 Å². The largest absolute Gasteiger partial charge is 0.499 e. The SMILES string of the molecule is C=C(CCCn1cnc(C)c1N)OCC. The highest BCUT2D eigenvalue weighted by Crippen LogP contribution is 2.11. The summed E-state index contributed by atoms with van der Waals surface area (Å²) < 4.78 is 7.22. The number of nitrogens with two attached hydrogens (primary N) is 1. The third-order valence-electron chi connectivity index (χ3n) is 2.27. The zero-order chi connectivity index (χ0) is 11.3. The monoisotopic (exact) mass is 209 g/mol. The van der Waals surface area contributed by atoms with Crippen LogP contribution in [0.3, 0.4) is 0 Å². The maximum absolute atomic E-state index is 5.82. The van der Waals surface area contributed by atoms with Gasteiger partial charge >= 0.3 is 0 Å². The van der Waals surface area contributed by atoms with Gasteiger partial charge in [-0.3, -0.25) is 0 Å². The van der Waals surface area contributed by atoms with Crippen molar-refractivity contribution < 1.29 is 4.74 Å². The second kappa shape index (κ2) is 5.44. The highest BCUT2D eigenvalue weighted by Gasteiger charge is 2.02. The Morgan fingerprint density at radius 3 is 2.93 bits per heavy atom. The number of hydrogen-bond donors (Lipinski definition) is 1. The molecule has 0 radical (unpaired) electrons. The molecule has 2 N–H and O–H groups in total. The van der Waals surface area contributed by atoms with Crippen molar-refractivity contribution in [2.75, 3.05) is 12.3 Å². The van der Waals surface area contributed by atoms with Crippen LogP contribution < -0.4 is 5.73 Å². The van der Waals surface area contributed by atoms with Gasteiger partial charge in [0.2, 0.25) is 0 Å². The van der Waals surface area contributed by atoms with Gasteiger partial charge in [0.1, 0.15) is 5.82 Å². The first-order valence-electron chi connectivity index (χ1n) is 5.23. The minimum Gasteiger partial charge on any atom is -0.499 e. The van der Waals surface area contributed by atoms with Gasteiger partial charge in [0.25, 0.3) is 0 Å². The molecule has 0 aliphatic rings. The fourth-order valence-corrected chi connectivity index (χ4v) is 1.39. The maximum Gasteiger partial charge on any atom is 0.126 e. The summed E-state index contributed by atoms with van der Waals surface area (Å²) in [5.41, 5.74) is 6.71. The number of hydrogen-bond acceptors (Lipinski definition) is 3. The standard InChI is InChI=1S/C11H19N3O/c1-4-15-9(2)6-5-7-14-8-13-10(3)11(14)12/h8H,2,4-7,12H2,1,3H3. The number of imidazole rings is 1. The lowest BCUT2D eigenvalue weighted by atomic mass is 10.3. The molecule has 4 nitrogen and oxygen atoms in total. The zero-order valence-electron chi connectivity index (χ0n) is 9.49. The third kappa shape index (κ3) is 3.31. The Kier molecular flexibility index (Phi) is 4.21. The highest BCUT2D eigenvalue weighted by atomic mass is 16.5. The molecule has 1 heterocycles. The molecular formula is C11H19N3O. The number of rotatable bonds is 6. The van der Waals surface area contributed by atoms with Crippen LogP contribution in [0.5, 0.6) is 0 Å². The molecule has 1 aromatic rings. The summed E-state index contributed by atoms with van der Waals surface area (Å²) >= 11 is 0. The van der Waals surface area contributed by atoms with Gasteiger partial charge in [-0.25, -0.2) is 4.98 Å². The molecule has 84 valence electrons. The molecule has 0 spiro atoms. The number of nitrogen functional groups attached to an aromatic ring is 1. The summed E-state index contributed by atoms with van der Waals surface area (Å²) in [4.78, 5) is 4.13. The van der Waals surface area contributed by atoms with Crippen molar-refractivity contribution in [2.45, 2.75) is 33.2 Å².